The standard InChI is InChI=1S/C22H29N3O/c1-19-6-5-9-21(16-19)17-23-22(26)10-11-24-12-14-25(15-13-24)18-20-7-3-2-4-8-20/h2-9,16H,10-15,17-18H2,1H3,(H,23,26). The van der Waals surface area contributed by atoms with Gasteiger partial charge in [-0.3, -0.25) is 9.69 Å². The normalized spacial score (nSPS) is 15.7. The molecular formula is C22H29N3O. The number of nitrogens with one attached hydrogen (secondary N) is 1. The van der Waals surface area contributed by atoms with Gasteiger partial charge in [0.1, 0.15) is 0 Å². The Kier molecular flexibility index (Phi) is 6.81. The summed E-state index contributed by atoms with van der Waals surface area (Å²) in [5, 5.41) is 3.03. The predicted octanol–water partition coefficient (Wildman–Crippen LogP) is 2.82. The molecule has 1 N–H and O–H groups in total. The van der Waals surface area contributed by atoms with Crippen molar-refractivity contribution in [3.05, 3.63) is 71.3 Å². The number of benzene rings is 2. The van der Waals surface area contributed by atoms with Gasteiger partial charge in [-0.15, -0.1) is 0 Å². The molecule has 0 aromatic heterocycles. The number of amides is 1. The lowest BCUT2D eigenvalue weighted by Gasteiger charge is -2.34. The maximum absolute atomic E-state index is 12.1. The van der Waals surface area contributed by atoms with Crippen LogP contribution in [0.3, 0.4) is 0 Å². The minimum atomic E-state index is 0.137. The van der Waals surface area contributed by atoms with Crippen LogP contribution < -0.4 is 5.32 Å². The second-order valence-electron chi connectivity index (χ2n) is 7.12. The van der Waals surface area contributed by atoms with Gasteiger partial charge in [0.15, 0.2) is 0 Å². The van der Waals surface area contributed by atoms with Crippen molar-refractivity contribution in [1.29, 1.82) is 0 Å². The zero-order chi connectivity index (χ0) is 18.2. The second-order valence-corrected chi connectivity index (χ2v) is 7.12. The summed E-state index contributed by atoms with van der Waals surface area (Å²) in [5.74, 6) is 0.137. The number of carbonyl (C=O) groups is 1. The third-order valence-electron chi connectivity index (χ3n) is 4.94. The molecule has 0 atom stereocenters. The molecule has 4 heteroatoms. The maximum Gasteiger partial charge on any atom is 0.221 e. The summed E-state index contributed by atoms with van der Waals surface area (Å²) >= 11 is 0. The Bertz CT molecular complexity index is 694. The molecule has 138 valence electrons. The van der Waals surface area contributed by atoms with Gasteiger partial charge in [0.05, 0.1) is 0 Å². The summed E-state index contributed by atoms with van der Waals surface area (Å²) in [4.78, 5) is 17.0. The molecule has 1 aliphatic heterocycles. The molecule has 3 rings (SSSR count). The van der Waals surface area contributed by atoms with Crippen LogP contribution in [0.15, 0.2) is 54.6 Å². The number of piperazine rings is 1. The molecule has 2 aromatic rings. The smallest absolute Gasteiger partial charge is 0.221 e. The molecule has 0 radical (unpaired) electrons. The third kappa shape index (κ3) is 5.97. The van der Waals surface area contributed by atoms with Gasteiger partial charge in [0, 0.05) is 52.2 Å². The van der Waals surface area contributed by atoms with E-state index in [1.807, 2.05) is 6.07 Å². The van der Waals surface area contributed by atoms with Crippen LogP contribution >= 0.6 is 0 Å². The molecular weight excluding hydrogens is 322 g/mol. The van der Waals surface area contributed by atoms with Crippen molar-refractivity contribution >= 4 is 5.91 Å². The van der Waals surface area contributed by atoms with Gasteiger partial charge in [-0.2, -0.15) is 0 Å². The summed E-state index contributed by atoms with van der Waals surface area (Å²) in [5.41, 5.74) is 3.76. The average molecular weight is 351 g/mol. The summed E-state index contributed by atoms with van der Waals surface area (Å²) in [6, 6.07) is 18.9. The molecule has 1 saturated heterocycles. The van der Waals surface area contributed by atoms with Gasteiger partial charge in [-0.25, -0.2) is 0 Å². The zero-order valence-electron chi connectivity index (χ0n) is 15.7. The van der Waals surface area contributed by atoms with Gasteiger partial charge in [0.25, 0.3) is 0 Å². The van der Waals surface area contributed by atoms with E-state index in [9.17, 15) is 4.79 Å². The third-order valence-corrected chi connectivity index (χ3v) is 4.94. The second kappa shape index (κ2) is 9.51. The molecule has 1 heterocycles. The summed E-state index contributed by atoms with van der Waals surface area (Å²) in [7, 11) is 0. The van der Waals surface area contributed by atoms with E-state index >= 15 is 0 Å². The first-order valence-electron chi connectivity index (χ1n) is 9.50. The number of aryl methyl sites for hydroxylation is 1. The van der Waals surface area contributed by atoms with E-state index in [1.54, 1.807) is 0 Å². The number of hydrogen-bond acceptors (Lipinski definition) is 3. The molecule has 1 amide bonds. The minimum Gasteiger partial charge on any atom is -0.352 e. The molecule has 0 saturated carbocycles. The summed E-state index contributed by atoms with van der Waals surface area (Å²) in [6.45, 7) is 8.77. The zero-order valence-corrected chi connectivity index (χ0v) is 15.7. The average Bonchev–Trinajstić information content (AvgIpc) is 2.67. The van der Waals surface area contributed by atoms with E-state index in [0.29, 0.717) is 13.0 Å². The van der Waals surface area contributed by atoms with Crippen molar-refractivity contribution in [1.82, 2.24) is 15.1 Å². The van der Waals surface area contributed by atoms with Crippen molar-refractivity contribution in [3.63, 3.8) is 0 Å². The van der Waals surface area contributed by atoms with Crippen LogP contribution in [-0.2, 0) is 17.9 Å². The number of rotatable bonds is 7. The first-order chi connectivity index (χ1) is 12.7. The minimum absolute atomic E-state index is 0.137. The Morgan fingerprint density at radius 2 is 1.62 bits per heavy atom. The van der Waals surface area contributed by atoms with Crippen molar-refractivity contribution < 1.29 is 4.79 Å². The van der Waals surface area contributed by atoms with E-state index in [0.717, 1.165) is 44.8 Å². The molecule has 0 aliphatic carbocycles. The Hall–Kier alpha value is -2.17. The van der Waals surface area contributed by atoms with Crippen LogP contribution in [0.2, 0.25) is 0 Å². The largest absolute Gasteiger partial charge is 0.352 e. The number of carbonyl (C=O) groups excluding carboxylic acids is 1. The predicted molar refractivity (Wildman–Crippen MR) is 106 cm³/mol. The molecule has 4 nitrogen and oxygen atoms in total. The quantitative estimate of drug-likeness (QED) is 0.833. The van der Waals surface area contributed by atoms with Crippen molar-refractivity contribution in [2.24, 2.45) is 0 Å². The molecule has 26 heavy (non-hydrogen) atoms. The lowest BCUT2D eigenvalue weighted by atomic mass is 10.1. The van der Waals surface area contributed by atoms with Gasteiger partial charge < -0.3 is 10.2 Å². The Morgan fingerprint density at radius 3 is 2.35 bits per heavy atom. The molecule has 0 unspecified atom stereocenters. The highest BCUT2D eigenvalue weighted by Gasteiger charge is 2.17. The van der Waals surface area contributed by atoms with Crippen LogP contribution in [0.25, 0.3) is 0 Å². The van der Waals surface area contributed by atoms with E-state index in [2.05, 4.69) is 70.6 Å². The van der Waals surface area contributed by atoms with Crippen molar-refractivity contribution in [2.75, 3.05) is 32.7 Å². The SMILES string of the molecule is Cc1cccc(CNC(=O)CCN2CCN(Cc3ccccc3)CC2)c1. The van der Waals surface area contributed by atoms with Crippen LogP contribution in [0.1, 0.15) is 23.1 Å². The van der Waals surface area contributed by atoms with Crippen molar-refractivity contribution in [3.8, 4) is 0 Å². The van der Waals surface area contributed by atoms with Gasteiger partial charge >= 0.3 is 0 Å². The summed E-state index contributed by atoms with van der Waals surface area (Å²) < 4.78 is 0. The van der Waals surface area contributed by atoms with Crippen LogP contribution in [-0.4, -0.2) is 48.4 Å². The Labute approximate surface area is 156 Å². The monoisotopic (exact) mass is 351 g/mol. The fraction of sp³-hybridized carbons (Fsp3) is 0.409. The van der Waals surface area contributed by atoms with Crippen molar-refractivity contribution in [2.45, 2.75) is 26.4 Å². The van der Waals surface area contributed by atoms with Crippen LogP contribution in [0, 0.1) is 6.92 Å². The first kappa shape index (κ1) is 18.6. The lowest BCUT2D eigenvalue weighted by Crippen LogP contribution is -2.46. The number of nitrogens with zero attached hydrogens (tertiary/aromatic N) is 2. The number of hydrogen-bond donors (Lipinski definition) is 1. The highest BCUT2D eigenvalue weighted by molar-refractivity contribution is 5.76. The van der Waals surface area contributed by atoms with Gasteiger partial charge in [-0.05, 0) is 18.1 Å². The fourth-order valence-corrected chi connectivity index (χ4v) is 3.38. The van der Waals surface area contributed by atoms with Gasteiger partial charge in [0.2, 0.25) is 5.91 Å². The molecule has 0 bridgehead atoms. The van der Waals surface area contributed by atoms with E-state index in [-0.39, 0.29) is 5.91 Å². The van der Waals surface area contributed by atoms with E-state index in [1.165, 1.54) is 11.1 Å². The molecule has 0 spiro atoms. The highest BCUT2D eigenvalue weighted by atomic mass is 16.1. The van der Waals surface area contributed by atoms with Crippen LogP contribution in [0.4, 0.5) is 0 Å². The highest BCUT2D eigenvalue weighted by Crippen LogP contribution is 2.09. The molecule has 1 fully saturated rings. The Balaban J connectivity index is 1.32. The fourth-order valence-electron chi connectivity index (χ4n) is 3.38. The van der Waals surface area contributed by atoms with Gasteiger partial charge in [-0.1, -0.05) is 60.2 Å². The molecule has 1 aliphatic rings. The molecule has 2 aromatic carbocycles. The summed E-state index contributed by atoms with van der Waals surface area (Å²) in [6.07, 6.45) is 0.574. The maximum atomic E-state index is 12.1. The Morgan fingerprint density at radius 1 is 0.923 bits per heavy atom. The lowest BCUT2D eigenvalue weighted by molar-refractivity contribution is -0.121. The topological polar surface area (TPSA) is 35.6 Å². The van der Waals surface area contributed by atoms with E-state index in [4.69, 9.17) is 0 Å². The van der Waals surface area contributed by atoms with E-state index < -0.39 is 0 Å². The first-order valence-corrected chi connectivity index (χ1v) is 9.50. The van der Waals surface area contributed by atoms with Crippen LogP contribution in [0.5, 0.6) is 0 Å².